The minimum absolute atomic E-state index is 0.113. The summed E-state index contributed by atoms with van der Waals surface area (Å²) in [5, 5.41) is 12.4. The van der Waals surface area contributed by atoms with Crippen LogP contribution in [0.4, 0.5) is 14.6 Å². The summed E-state index contributed by atoms with van der Waals surface area (Å²) in [5.74, 6) is -1.54. The van der Waals surface area contributed by atoms with Crippen molar-refractivity contribution in [3.63, 3.8) is 0 Å². The Bertz CT molecular complexity index is 842. The molecule has 0 aliphatic carbocycles. The van der Waals surface area contributed by atoms with Crippen LogP contribution in [-0.4, -0.2) is 14.3 Å². The first-order chi connectivity index (χ1) is 10.5. The number of imidazole rings is 1. The van der Waals surface area contributed by atoms with Crippen molar-refractivity contribution >= 4 is 33.9 Å². The van der Waals surface area contributed by atoms with Gasteiger partial charge in [0.25, 0.3) is 4.96 Å². The number of hydrogen-bond donors (Lipinski definition) is 0. The highest BCUT2D eigenvalue weighted by molar-refractivity contribution is 7.99. The predicted octanol–water partition coefficient (Wildman–Crippen LogP) is 4.44. The smallest absolute Gasteiger partial charge is 0.358 e. The van der Waals surface area contributed by atoms with Gasteiger partial charge in [-0.2, -0.15) is 9.38 Å². The van der Waals surface area contributed by atoms with E-state index in [1.807, 2.05) is 0 Å². The number of nitro groups is 1. The molecule has 0 saturated carbocycles. The molecule has 0 bridgehead atoms. The number of hydrogen-bond acceptors (Lipinski definition) is 5. The molecular weight excluding hydrogens is 332 g/mol. The number of fused-ring (bicyclic) bond motifs is 1. The van der Waals surface area contributed by atoms with Gasteiger partial charge in [0.2, 0.25) is 0 Å². The van der Waals surface area contributed by atoms with Crippen molar-refractivity contribution in [2.24, 2.45) is 0 Å². The van der Waals surface area contributed by atoms with Crippen molar-refractivity contribution in [3.8, 4) is 0 Å². The fourth-order valence-corrected chi connectivity index (χ4v) is 3.99. The molecule has 2 heterocycles. The number of halogens is 2. The molecule has 1 aromatic carbocycles. The van der Waals surface area contributed by atoms with E-state index in [0.717, 1.165) is 23.9 Å². The van der Waals surface area contributed by atoms with Crippen LogP contribution in [0.1, 0.15) is 17.7 Å². The van der Waals surface area contributed by atoms with Crippen molar-refractivity contribution in [2.75, 3.05) is 0 Å². The van der Waals surface area contributed by atoms with Gasteiger partial charge in [-0.25, -0.2) is 8.78 Å². The van der Waals surface area contributed by atoms with E-state index in [4.69, 9.17) is 0 Å². The van der Waals surface area contributed by atoms with Gasteiger partial charge < -0.3 is 10.1 Å². The van der Waals surface area contributed by atoms with Gasteiger partial charge in [-0.15, -0.1) is 0 Å². The van der Waals surface area contributed by atoms with Gasteiger partial charge in [0.1, 0.15) is 17.8 Å². The van der Waals surface area contributed by atoms with Crippen LogP contribution in [0, 0.1) is 21.7 Å². The SMILES string of the molecule is C[C@@H](Sc1nc2sccn2c1[N+](=O)[O-])c1c(F)cccc1F. The van der Waals surface area contributed by atoms with E-state index in [-0.39, 0.29) is 16.4 Å². The molecule has 114 valence electrons. The minimum atomic E-state index is -0.677. The summed E-state index contributed by atoms with van der Waals surface area (Å²) < 4.78 is 29.0. The molecule has 22 heavy (non-hydrogen) atoms. The van der Waals surface area contributed by atoms with Gasteiger partial charge in [0.15, 0.2) is 5.03 Å². The molecule has 3 rings (SSSR count). The molecule has 0 fully saturated rings. The summed E-state index contributed by atoms with van der Waals surface area (Å²) in [4.78, 5) is 15.3. The lowest BCUT2D eigenvalue weighted by atomic mass is 10.1. The zero-order valence-corrected chi connectivity index (χ0v) is 12.8. The van der Waals surface area contributed by atoms with Crippen LogP contribution in [0.5, 0.6) is 0 Å². The summed E-state index contributed by atoms with van der Waals surface area (Å²) in [5.41, 5.74) is -0.113. The number of benzene rings is 1. The predicted molar refractivity (Wildman–Crippen MR) is 80.4 cm³/mol. The first-order valence-corrected chi connectivity index (χ1v) is 7.95. The Balaban J connectivity index is 2.01. The Morgan fingerprint density at radius 1 is 1.41 bits per heavy atom. The van der Waals surface area contributed by atoms with Crippen molar-refractivity contribution in [2.45, 2.75) is 17.2 Å². The standard InChI is InChI=1S/C13H9F2N3O2S2/c1-7(10-8(14)3-2-4-9(10)15)22-11-12(18(19)20)17-5-6-21-13(17)16-11/h2-7H,1H3/t7-/m1/s1. The maximum Gasteiger partial charge on any atom is 0.362 e. The third-order valence-corrected chi connectivity index (χ3v) is 4.92. The summed E-state index contributed by atoms with van der Waals surface area (Å²) in [6.07, 6.45) is 1.55. The zero-order valence-electron chi connectivity index (χ0n) is 11.2. The van der Waals surface area contributed by atoms with Gasteiger partial charge in [0.05, 0.1) is 0 Å². The number of rotatable bonds is 4. The van der Waals surface area contributed by atoms with Crippen LogP contribution < -0.4 is 0 Å². The maximum absolute atomic E-state index is 13.8. The summed E-state index contributed by atoms with van der Waals surface area (Å²) in [7, 11) is 0. The molecule has 0 N–H and O–H groups in total. The highest BCUT2D eigenvalue weighted by atomic mass is 32.2. The molecule has 0 amide bonds. The molecule has 2 aromatic heterocycles. The van der Waals surface area contributed by atoms with Gasteiger partial charge >= 0.3 is 5.82 Å². The van der Waals surface area contributed by atoms with E-state index >= 15 is 0 Å². The molecule has 3 aromatic rings. The lowest BCUT2D eigenvalue weighted by molar-refractivity contribution is -0.393. The van der Waals surface area contributed by atoms with Crippen molar-refractivity contribution in [3.05, 3.63) is 57.1 Å². The minimum Gasteiger partial charge on any atom is -0.358 e. The Kier molecular flexibility index (Phi) is 3.83. The molecule has 5 nitrogen and oxygen atoms in total. The lowest BCUT2D eigenvalue weighted by Gasteiger charge is -2.11. The van der Waals surface area contributed by atoms with Crippen LogP contribution in [0.3, 0.4) is 0 Å². The first kappa shape index (κ1) is 14.9. The normalized spacial score (nSPS) is 12.7. The molecule has 0 unspecified atom stereocenters. The lowest BCUT2D eigenvalue weighted by Crippen LogP contribution is -1.99. The van der Waals surface area contributed by atoms with E-state index in [1.54, 1.807) is 18.5 Å². The second kappa shape index (κ2) is 5.65. The molecule has 0 spiro atoms. The average molecular weight is 341 g/mol. The Hall–Kier alpha value is -2.00. The Morgan fingerprint density at radius 3 is 2.73 bits per heavy atom. The summed E-state index contributed by atoms with van der Waals surface area (Å²) in [6.45, 7) is 1.59. The molecule has 0 radical (unpaired) electrons. The second-order valence-electron chi connectivity index (χ2n) is 4.45. The molecule has 0 aliphatic rings. The van der Waals surface area contributed by atoms with Crippen molar-refractivity contribution in [1.82, 2.24) is 9.38 Å². The van der Waals surface area contributed by atoms with Crippen molar-refractivity contribution in [1.29, 1.82) is 0 Å². The Labute approximate surface area is 131 Å². The van der Waals surface area contributed by atoms with Crippen LogP contribution >= 0.6 is 23.1 Å². The van der Waals surface area contributed by atoms with E-state index in [2.05, 4.69) is 4.98 Å². The fourth-order valence-electron chi connectivity index (χ4n) is 2.12. The largest absolute Gasteiger partial charge is 0.362 e. The first-order valence-electron chi connectivity index (χ1n) is 6.19. The van der Waals surface area contributed by atoms with Gasteiger partial charge in [-0.1, -0.05) is 29.2 Å². The van der Waals surface area contributed by atoms with E-state index < -0.39 is 21.8 Å². The zero-order chi connectivity index (χ0) is 15.9. The molecule has 9 heteroatoms. The topological polar surface area (TPSA) is 60.4 Å². The highest BCUT2D eigenvalue weighted by Crippen LogP contribution is 2.41. The molecule has 0 aliphatic heterocycles. The third-order valence-electron chi connectivity index (χ3n) is 3.07. The average Bonchev–Trinajstić information content (AvgIpc) is 2.97. The summed E-state index contributed by atoms with van der Waals surface area (Å²) in [6, 6.07) is 3.60. The maximum atomic E-state index is 13.8. The highest BCUT2D eigenvalue weighted by Gasteiger charge is 2.27. The van der Waals surface area contributed by atoms with Crippen LogP contribution in [0.15, 0.2) is 34.8 Å². The van der Waals surface area contributed by atoms with Gasteiger partial charge in [0, 0.05) is 16.2 Å². The van der Waals surface area contributed by atoms with Crippen LogP contribution in [0.25, 0.3) is 4.96 Å². The molecule has 1 atom stereocenters. The molecular formula is C13H9F2N3O2S2. The molecule has 0 saturated heterocycles. The van der Waals surface area contributed by atoms with Crippen LogP contribution in [-0.2, 0) is 0 Å². The Morgan fingerprint density at radius 2 is 2.09 bits per heavy atom. The quantitative estimate of drug-likeness (QED) is 0.400. The van der Waals surface area contributed by atoms with Gasteiger partial charge in [-0.05, 0) is 24.0 Å². The van der Waals surface area contributed by atoms with Crippen LogP contribution in [0.2, 0.25) is 0 Å². The van der Waals surface area contributed by atoms with E-state index in [0.29, 0.717) is 4.96 Å². The number of nitrogens with zero attached hydrogens (tertiary/aromatic N) is 3. The fraction of sp³-hybridized carbons (Fsp3) is 0.154. The van der Waals surface area contributed by atoms with Gasteiger partial charge in [-0.3, -0.25) is 0 Å². The van der Waals surface area contributed by atoms with E-state index in [9.17, 15) is 18.9 Å². The summed E-state index contributed by atoms with van der Waals surface area (Å²) >= 11 is 2.22. The van der Waals surface area contributed by atoms with Crippen molar-refractivity contribution < 1.29 is 13.7 Å². The third kappa shape index (κ3) is 2.46. The number of aromatic nitrogens is 2. The van der Waals surface area contributed by atoms with E-state index in [1.165, 1.54) is 21.8 Å². The number of thiazole rings is 1. The monoisotopic (exact) mass is 341 g/mol. The second-order valence-corrected chi connectivity index (χ2v) is 6.65. The number of thioether (sulfide) groups is 1.